The molecule has 0 saturated carbocycles. The molecule has 0 bridgehead atoms. The van der Waals surface area contributed by atoms with Crippen LogP contribution in [0.2, 0.25) is 0 Å². The zero-order valence-corrected chi connectivity index (χ0v) is 20.5. The molecule has 1 unspecified atom stereocenters. The summed E-state index contributed by atoms with van der Waals surface area (Å²) in [4.78, 5) is 27.7. The van der Waals surface area contributed by atoms with Crippen molar-refractivity contribution in [3.8, 4) is 11.5 Å². The van der Waals surface area contributed by atoms with E-state index in [4.69, 9.17) is 14.2 Å². The highest BCUT2D eigenvalue weighted by Crippen LogP contribution is 2.40. The van der Waals surface area contributed by atoms with Gasteiger partial charge in [0.05, 0.1) is 25.3 Å². The Bertz CT molecular complexity index is 1060. The van der Waals surface area contributed by atoms with Crippen molar-refractivity contribution < 1.29 is 28.9 Å². The summed E-state index contributed by atoms with van der Waals surface area (Å²) in [5.74, 6) is 0.0136. The molecule has 1 amide bonds. The number of hydrogen-bond donors (Lipinski definition) is 1. The molecule has 1 aliphatic heterocycles. The number of hydrogen-bond acceptors (Lipinski definition) is 6. The second-order valence-electron chi connectivity index (χ2n) is 8.45. The fraction of sp³-hybridized carbons (Fsp3) is 0.407. The zero-order chi connectivity index (χ0) is 24.8. The first-order valence-corrected chi connectivity index (χ1v) is 11.5. The number of carbonyl (C=O) groups excluding carboxylic acids is 2. The number of methoxy groups -OCH3 is 2. The number of ether oxygens (including phenoxy) is 3. The Morgan fingerprint density at radius 3 is 2.38 bits per heavy atom. The molecule has 2 aromatic rings. The van der Waals surface area contributed by atoms with Crippen LogP contribution in [0.3, 0.4) is 0 Å². The summed E-state index contributed by atoms with van der Waals surface area (Å²) < 4.78 is 16.1. The summed E-state index contributed by atoms with van der Waals surface area (Å²) >= 11 is 0. The lowest BCUT2D eigenvalue weighted by atomic mass is 9.93. The van der Waals surface area contributed by atoms with Crippen LogP contribution in [0.15, 0.2) is 48.0 Å². The van der Waals surface area contributed by atoms with Crippen LogP contribution >= 0.6 is 0 Å². The Morgan fingerprint density at radius 1 is 1.09 bits per heavy atom. The zero-order valence-electron chi connectivity index (χ0n) is 20.5. The molecule has 2 aromatic carbocycles. The van der Waals surface area contributed by atoms with Gasteiger partial charge in [0, 0.05) is 25.8 Å². The molecule has 0 aromatic heterocycles. The third-order valence-corrected chi connectivity index (χ3v) is 5.92. The lowest BCUT2D eigenvalue weighted by Crippen LogP contribution is -2.31. The molecule has 0 aliphatic carbocycles. The summed E-state index contributed by atoms with van der Waals surface area (Å²) in [6, 6.07) is 11.8. The number of amides is 1. The third-order valence-electron chi connectivity index (χ3n) is 5.92. The van der Waals surface area contributed by atoms with Crippen LogP contribution in [0.5, 0.6) is 11.5 Å². The third kappa shape index (κ3) is 5.09. The number of nitrogens with zero attached hydrogens (tertiary/aromatic N) is 1. The molecule has 1 aliphatic rings. The van der Waals surface area contributed by atoms with Gasteiger partial charge in [0.1, 0.15) is 17.3 Å². The smallest absolute Gasteiger partial charge is 0.295 e. The first kappa shape index (κ1) is 25.3. The Morgan fingerprint density at radius 2 is 1.79 bits per heavy atom. The Hall–Kier alpha value is -3.32. The van der Waals surface area contributed by atoms with Gasteiger partial charge < -0.3 is 24.2 Å². The number of likely N-dealkylation sites (tertiary alicyclic amines) is 1. The Kier molecular flexibility index (Phi) is 8.34. The molecule has 1 N–H and O–H groups in total. The van der Waals surface area contributed by atoms with Crippen LogP contribution in [-0.4, -0.2) is 55.7 Å². The highest BCUT2D eigenvalue weighted by atomic mass is 16.5. The standard InChI is InChI=1S/C27H33NO6/c1-6-34-22-13-10-19(16-21(22)17(2)3)25(29)23-24(18-8-11-20(33-5)12-9-18)28(14-7-15-32-4)27(31)26(23)30/h8-13,16-17,24,29H,6-7,14-15H2,1-5H3/b25-23-. The van der Waals surface area contributed by atoms with Gasteiger partial charge in [0.25, 0.3) is 11.7 Å². The van der Waals surface area contributed by atoms with E-state index in [0.29, 0.717) is 43.1 Å². The van der Waals surface area contributed by atoms with E-state index in [0.717, 1.165) is 11.3 Å². The van der Waals surface area contributed by atoms with Crippen LogP contribution in [0, 0.1) is 0 Å². The second-order valence-corrected chi connectivity index (χ2v) is 8.45. The molecular formula is C27H33NO6. The van der Waals surface area contributed by atoms with E-state index in [1.165, 1.54) is 4.90 Å². The number of Topliss-reactive ketones (excluding diaryl/α,β-unsaturated/α-hetero) is 1. The fourth-order valence-corrected chi connectivity index (χ4v) is 4.21. The van der Waals surface area contributed by atoms with Crippen LogP contribution in [0.1, 0.15) is 55.8 Å². The van der Waals surface area contributed by atoms with Gasteiger partial charge in [0.15, 0.2) is 0 Å². The summed E-state index contributed by atoms with van der Waals surface area (Å²) in [7, 11) is 3.16. The van der Waals surface area contributed by atoms with Crippen molar-refractivity contribution in [3.63, 3.8) is 0 Å². The van der Waals surface area contributed by atoms with E-state index in [1.807, 2.05) is 39.0 Å². The van der Waals surface area contributed by atoms with Crippen molar-refractivity contribution in [1.82, 2.24) is 4.90 Å². The predicted octanol–water partition coefficient (Wildman–Crippen LogP) is 4.68. The molecule has 7 nitrogen and oxygen atoms in total. The largest absolute Gasteiger partial charge is 0.507 e. The SMILES string of the molecule is CCOc1ccc(/C(O)=C2/C(=O)C(=O)N(CCCOC)C2c2ccc(OC)cc2)cc1C(C)C. The molecule has 7 heteroatoms. The first-order valence-electron chi connectivity index (χ1n) is 11.5. The average Bonchev–Trinajstić information content (AvgIpc) is 3.09. The minimum absolute atomic E-state index is 0.0754. The molecular weight excluding hydrogens is 434 g/mol. The summed E-state index contributed by atoms with van der Waals surface area (Å²) in [5.41, 5.74) is 2.18. The molecule has 0 spiro atoms. The van der Waals surface area contributed by atoms with Gasteiger partial charge in [-0.15, -0.1) is 0 Å². The Balaban J connectivity index is 2.14. The van der Waals surface area contributed by atoms with Gasteiger partial charge in [0.2, 0.25) is 0 Å². The highest BCUT2D eigenvalue weighted by Gasteiger charge is 2.45. The van der Waals surface area contributed by atoms with E-state index < -0.39 is 17.7 Å². The number of aliphatic hydroxyl groups excluding tert-OH is 1. The van der Waals surface area contributed by atoms with Crippen molar-refractivity contribution >= 4 is 17.4 Å². The molecule has 1 saturated heterocycles. The van der Waals surface area contributed by atoms with E-state index in [2.05, 4.69) is 0 Å². The number of benzene rings is 2. The van der Waals surface area contributed by atoms with E-state index in [1.54, 1.807) is 38.5 Å². The van der Waals surface area contributed by atoms with E-state index in [-0.39, 0.29) is 17.3 Å². The topological polar surface area (TPSA) is 85.3 Å². The first-order chi connectivity index (χ1) is 16.3. The van der Waals surface area contributed by atoms with Gasteiger partial charge in [-0.05, 0) is 60.7 Å². The van der Waals surface area contributed by atoms with Gasteiger partial charge in [-0.3, -0.25) is 9.59 Å². The second kappa shape index (κ2) is 11.2. The van der Waals surface area contributed by atoms with Crippen molar-refractivity contribution in [2.24, 2.45) is 0 Å². The number of aliphatic hydroxyl groups is 1. The monoisotopic (exact) mass is 467 g/mol. The molecule has 0 radical (unpaired) electrons. The highest BCUT2D eigenvalue weighted by molar-refractivity contribution is 6.46. The minimum Gasteiger partial charge on any atom is -0.507 e. The molecule has 1 fully saturated rings. The fourth-order valence-electron chi connectivity index (χ4n) is 4.21. The molecule has 3 rings (SSSR count). The summed E-state index contributed by atoms with van der Waals surface area (Å²) in [6.45, 7) is 7.29. The number of rotatable bonds is 10. The Labute approximate surface area is 200 Å². The average molecular weight is 468 g/mol. The van der Waals surface area contributed by atoms with Crippen molar-refractivity contribution in [2.45, 2.75) is 39.2 Å². The molecule has 34 heavy (non-hydrogen) atoms. The normalized spacial score (nSPS) is 17.5. The van der Waals surface area contributed by atoms with Crippen LogP contribution in [-0.2, 0) is 14.3 Å². The maximum atomic E-state index is 13.2. The number of carbonyl (C=O) groups is 2. The van der Waals surface area contributed by atoms with Crippen molar-refractivity contribution in [2.75, 3.05) is 34.0 Å². The van der Waals surface area contributed by atoms with E-state index in [9.17, 15) is 14.7 Å². The van der Waals surface area contributed by atoms with Crippen LogP contribution in [0.4, 0.5) is 0 Å². The molecule has 1 atom stereocenters. The maximum absolute atomic E-state index is 13.2. The quantitative estimate of drug-likeness (QED) is 0.236. The lowest BCUT2D eigenvalue weighted by Gasteiger charge is -2.25. The van der Waals surface area contributed by atoms with Gasteiger partial charge >= 0.3 is 0 Å². The summed E-state index contributed by atoms with van der Waals surface area (Å²) in [5, 5.41) is 11.3. The van der Waals surface area contributed by atoms with Gasteiger partial charge in [-0.1, -0.05) is 26.0 Å². The van der Waals surface area contributed by atoms with Crippen LogP contribution in [0.25, 0.3) is 5.76 Å². The molecule has 1 heterocycles. The van der Waals surface area contributed by atoms with E-state index >= 15 is 0 Å². The summed E-state index contributed by atoms with van der Waals surface area (Å²) in [6.07, 6.45) is 0.566. The maximum Gasteiger partial charge on any atom is 0.295 e. The molecule has 182 valence electrons. The van der Waals surface area contributed by atoms with Crippen molar-refractivity contribution in [1.29, 1.82) is 0 Å². The minimum atomic E-state index is -0.711. The lowest BCUT2D eigenvalue weighted by molar-refractivity contribution is -0.140. The predicted molar refractivity (Wildman–Crippen MR) is 130 cm³/mol. The van der Waals surface area contributed by atoms with Crippen molar-refractivity contribution in [3.05, 3.63) is 64.7 Å². The van der Waals surface area contributed by atoms with Crippen LogP contribution < -0.4 is 9.47 Å². The number of ketones is 1. The van der Waals surface area contributed by atoms with Gasteiger partial charge in [-0.2, -0.15) is 0 Å². The van der Waals surface area contributed by atoms with Gasteiger partial charge in [-0.25, -0.2) is 0 Å².